The van der Waals surface area contributed by atoms with Crippen LogP contribution < -0.4 is 15.8 Å². The number of hydrogen-bond donors (Lipinski definition) is 2. The topological polar surface area (TPSA) is 47.3 Å². The highest BCUT2D eigenvalue weighted by molar-refractivity contribution is 5.56. The predicted octanol–water partition coefficient (Wildman–Crippen LogP) is 3.25. The zero-order chi connectivity index (χ0) is 13.2. The number of hydrogen-bond acceptors (Lipinski definition) is 3. The van der Waals surface area contributed by atoms with Gasteiger partial charge < -0.3 is 15.8 Å². The van der Waals surface area contributed by atoms with Crippen LogP contribution in [-0.4, -0.2) is 7.11 Å². The van der Waals surface area contributed by atoms with Crippen molar-refractivity contribution in [3.63, 3.8) is 0 Å². The molecule has 1 aliphatic heterocycles. The van der Waals surface area contributed by atoms with Gasteiger partial charge in [-0.05, 0) is 35.7 Å². The van der Waals surface area contributed by atoms with E-state index in [1.807, 2.05) is 24.3 Å². The Balaban J connectivity index is 1.92. The first-order valence-electron chi connectivity index (χ1n) is 6.53. The summed E-state index contributed by atoms with van der Waals surface area (Å²) >= 11 is 0. The van der Waals surface area contributed by atoms with Gasteiger partial charge in [0.1, 0.15) is 5.75 Å². The van der Waals surface area contributed by atoms with Gasteiger partial charge >= 0.3 is 0 Å². The fourth-order valence-corrected chi connectivity index (χ4v) is 2.66. The van der Waals surface area contributed by atoms with Crippen LogP contribution in [0.5, 0.6) is 5.75 Å². The average molecular weight is 254 g/mol. The molecular formula is C16H18N2O. The van der Waals surface area contributed by atoms with E-state index in [1.165, 1.54) is 11.1 Å². The van der Waals surface area contributed by atoms with Crippen LogP contribution in [0.4, 0.5) is 5.69 Å². The molecule has 0 bridgehead atoms. The summed E-state index contributed by atoms with van der Waals surface area (Å²) in [6.45, 7) is 0. The first-order chi connectivity index (χ1) is 9.28. The van der Waals surface area contributed by atoms with E-state index in [0.29, 0.717) is 0 Å². The molecule has 0 saturated carbocycles. The number of benzene rings is 2. The minimum absolute atomic E-state index is 0.0775. The third kappa shape index (κ3) is 2.29. The predicted molar refractivity (Wildman–Crippen MR) is 77.3 cm³/mol. The molecule has 2 atom stereocenters. The largest absolute Gasteiger partial charge is 0.497 e. The Morgan fingerprint density at radius 2 is 2.00 bits per heavy atom. The fourth-order valence-electron chi connectivity index (χ4n) is 2.66. The van der Waals surface area contributed by atoms with Crippen molar-refractivity contribution in [3.8, 4) is 5.75 Å². The zero-order valence-electron chi connectivity index (χ0n) is 11.0. The second-order valence-electron chi connectivity index (χ2n) is 4.90. The highest BCUT2D eigenvalue weighted by Crippen LogP contribution is 2.37. The Morgan fingerprint density at radius 3 is 2.84 bits per heavy atom. The summed E-state index contributed by atoms with van der Waals surface area (Å²) < 4.78 is 5.28. The highest BCUT2D eigenvalue weighted by Gasteiger charge is 2.24. The van der Waals surface area contributed by atoms with Crippen LogP contribution in [0.25, 0.3) is 0 Å². The summed E-state index contributed by atoms with van der Waals surface area (Å²) in [6, 6.07) is 16.7. The number of anilines is 1. The average Bonchev–Trinajstić information content (AvgIpc) is 2.47. The standard InChI is InChI=1S/C16H18N2O/c1-19-12-6-4-5-11(9-12)16-10-14(17)13-7-2-3-8-15(13)18-16/h2-9,14,16,18H,10,17H2,1H3. The second kappa shape index (κ2) is 4.94. The van der Waals surface area contributed by atoms with E-state index in [1.54, 1.807) is 7.11 Å². The molecule has 1 aliphatic rings. The minimum Gasteiger partial charge on any atom is -0.497 e. The maximum atomic E-state index is 6.27. The number of para-hydroxylation sites is 1. The first kappa shape index (κ1) is 12.1. The molecule has 0 amide bonds. The molecule has 2 aromatic rings. The van der Waals surface area contributed by atoms with Crippen molar-refractivity contribution in [1.82, 2.24) is 0 Å². The van der Waals surface area contributed by atoms with Gasteiger partial charge in [0.25, 0.3) is 0 Å². The van der Waals surface area contributed by atoms with Gasteiger partial charge in [-0.25, -0.2) is 0 Å². The summed E-state index contributed by atoms with van der Waals surface area (Å²) in [4.78, 5) is 0. The number of rotatable bonds is 2. The molecule has 0 radical (unpaired) electrons. The fraction of sp³-hybridized carbons (Fsp3) is 0.250. The lowest BCUT2D eigenvalue weighted by Crippen LogP contribution is -2.25. The van der Waals surface area contributed by atoms with Crippen molar-refractivity contribution in [2.75, 3.05) is 12.4 Å². The van der Waals surface area contributed by atoms with Gasteiger partial charge in [-0.2, -0.15) is 0 Å². The Bertz CT molecular complexity index is 582. The highest BCUT2D eigenvalue weighted by atomic mass is 16.5. The van der Waals surface area contributed by atoms with E-state index in [0.717, 1.165) is 17.9 Å². The van der Waals surface area contributed by atoms with Crippen LogP contribution >= 0.6 is 0 Å². The van der Waals surface area contributed by atoms with E-state index in [2.05, 4.69) is 29.6 Å². The Morgan fingerprint density at radius 1 is 1.16 bits per heavy atom. The molecule has 3 nitrogen and oxygen atoms in total. The van der Waals surface area contributed by atoms with Crippen molar-refractivity contribution in [2.45, 2.75) is 18.5 Å². The number of fused-ring (bicyclic) bond motifs is 1. The first-order valence-corrected chi connectivity index (χ1v) is 6.53. The van der Waals surface area contributed by atoms with Crippen molar-refractivity contribution in [1.29, 1.82) is 0 Å². The van der Waals surface area contributed by atoms with Crippen molar-refractivity contribution < 1.29 is 4.74 Å². The van der Waals surface area contributed by atoms with Gasteiger partial charge in [0.2, 0.25) is 0 Å². The van der Waals surface area contributed by atoms with E-state index in [-0.39, 0.29) is 12.1 Å². The molecule has 3 heteroatoms. The van der Waals surface area contributed by atoms with Gasteiger partial charge in [-0.15, -0.1) is 0 Å². The molecular weight excluding hydrogens is 236 g/mol. The number of nitrogens with one attached hydrogen (secondary N) is 1. The van der Waals surface area contributed by atoms with E-state index in [9.17, 15) is 0 Å². The molecule has 19 heavy (non-hydrogen) atoms. The Hall–Kier alpha value is -2.00. The number of methoxy groups -OCH3 is 1. The van der Waals surface area contributed by atoms with Gasteiger partial charge in [-0.3, -0.25) is 0 Å². The Labute approximate surface area is 113 Å². The second-order valence-corrected chi connectivity index (χ2v) is 4.90. The van der Waals surface area contributed by atoms with Crippen molar-refractivity contribution in [3.05, 3.63) is 59.7 Å². The molecule has 2 aromatic carbocycles. The molecule has 98 valence electrons. The third-order valence-corrected chi connectivity index (χ3v) is 3.68. The molecule has 0 aromatic heterocycles. The molecule has 1 heterocycles. The molecule has 0 aliphatic carbocycles. The lowest BCUT2D eigenvalue weighted by molar-refractivity contribution is 0.413. The quantitative estimate of drug-likeness (QED) is 0.864. The lowest BCUT2D eigenvalue weighted by atomic mass is 9.90. The van der Waals surface area contributed by atoms with Crippen LogP contribution in [0.2, 0.25) is 0 Å². The summed E-state index contributed by atoms with van der Waals surface area (Å²) in [5.74, 6) is 0.881. The van der Waals surface area contributed by atoms with Crippen molar-refractivity contribution in [2.24, 2.45) is 5.73 Å². The summed E-state index contributed by atoms with van der Waals surface area (Å²) in [5.41, 5.74) is 9.82. The van der Waals surface area contributed by atoms with Crippen LogP contribution in [0, 0.1) is 0 Å². The molecule has 3 N–H and O–H groups in total. The molecule has 2 unspecified atom stereocenters. The van der Waals surface area contributed by atoms with E-state index < -0.39 is 0 Å². The normalized spacial score (nSPS) is 21.4. The molecule has 3 rings (SSSR count). The zero-order valence-corrected chi connectivity index (χ0v) is 11.0. The minimum atomic E-state index is 0.0775. The summed E-state index contributed by atoms with van der Waals surface area (Å²) in [6.07, 6.45) is 0.893. The third-order valence-electron chi connectivity index (χ3n) is 3.68. The van der Waals surface area contributed by atoms with Crippen LogP contribution in [0.15, 0.2) is 48.5 Å². The van der Waals surface area contributed by atoms with E-state index >= 15 is 0 Å². The van der Waals surface area contributed by atoms with Gasteiger partial charge in [-0.1, -0.05) is 30.3 Å². The maximum Gasteiger partial charge on any atom is 0.119 e. The molecule has 0 saturated heterocycles. The van der Waals surface area contributed by atoms with Crippen LogP contribution in [0.1, 0.15) is 29.6 Å². The van der Waals surface area contributed by atoms with Crippen LogP contribution in [0.3, 0.4) is 0 Å². The summed E-state index contributed by atoms with van der Waals surface area (Å²) in [7, 11) is 1.69. The van der Waals surface area contributed by atoms with E-state index in [4.69, 9.17) is 10.5 Å². The Kier molecular flexibility index (Phi) is 3.13. The number of nitrogens with two attached hydrogens (primary N) is 1. The SMILES string of the molecule is COc1cccc(C2CC(N)c3ccccc3N2)c1. The summed E-state index contributed by atoms with van der Waals surface area (Å²) in [5, 5.41) is 3.56. The van der Waals surface area contributed by atoms with Crippen molar-refractivity contribution >= 4 is 5.69 Å². The number of ether oxygens (including phenoxy) is 1. The van der Waals surface area contributed by atoms with Gasteiger partial charge in [0.05, 0.1) is 13.2 Å². The lowest BCUT2D eigenvalue weighted by Gasteiger charge is -2.31. The smallest absolute Gasteiger partial charge is 0.119 e. The van der Waals surface area contributed by atoms with Gasteiger partial charge in [0.15, 0.2) is 0 Å². The molecule has 0 fully saturated rings. The monoisotopic (exact) mass is 254 g/mol. The van der Waals surface area contributed by atoms with Crippen LogP contribution in [-0.2, 0) is 0 Å². The molecule has 0 spiro atoms. The van der Waals surface area contributed by atoms with Gasteiger partial charge in [0, 0.05) is 11.7 Å². The maximum absolute atomic E-state index is 6.27.